The first kappa shape index (κ1) is 56.1. The van der Waals surface area contributed by atoms with E-state index in [0.29, 0.717) is 25.7 Å². The molecule has 49 heavy (non-hydrogen) atoms. The van der Waals surface area contributed by atoms with Crippen LogP contribution in [0.5, 0.6) is 0 Å². The molecule has 0 fully saturated rings. The molecule has 282 valence electrons. The molecule has 0 aliphatic carbocycles. The summed E-state index contributed by atoms with van der Waals surface area (Å²) in [4.78, 5) is 61.5. The average Bonchev–Trinajstić information content (AvgIpc) is 3.03. The van der Waals surface area contributed by atoms with E-state index in [-0.39, 0.29) is 103 Å². The number of ether oxygens (including phenoxy) is 2. The summed E-state index contributed by atoms with van der Waals surface area (Å²) in [5.74, 6) is -4.69. The third-order valence-corrected chi connectivity index (χ3v) is 5.79. The number of aliphatic carboxylic acids is 4. The first-order valence-corrected chi connectivity index (χ1v) is 14.5. The van der Waals surface area contributed by atoms with Gasteiger partial charge < -0.3 is 62.0 Å². The predicted molar refractivity (Wildman–Crippen MR) is 168 cm³/mol. The summed E-state index contributed by atoms with van der Waals surface area (Å²) in [5, 5.41) is 85.9. The third-order valence-electron chi connectivity index (χ3n) is 5.79. The van der Waals surface area contributed by atoms with Crippen LogP contribution in [0, 0.1) is 10.8 Å². The van der Waals surface area contributed by atoms with Crippen LogP contribution in [-0.4, -0.2) is 140 Å². The summed E-state index contributed by atoms with van der Waals surface area (Å²) in [7, 11) is 0. The van der Waals surface area contributed by atoms with Gasteiger partial charge in [0.15, 0.2) is 0 Å². The second kappa shape index (κ2) is 34.2. The Labute approximate surface area is 329 Å². The van der Waals surface area contributed by atoms with Gasteiger partial charge in [-0.05, 0) is 39.5 Å². The second-order valence-electron chi connectivity index (χ2n) is 10.7. The summed E-state index contributed by atoms with van der Waals surface area (Å²) in [5.41, 5.74) is -1.89. The number of carbonyl (C=O) groups excluding carboxylic acids is 2. The number of aliphatic hydroxyl groups excluding tert-OH is 6. The molecule has 0 aromatic carbocycles. The number of carboxylic acid groups (broad SMARTS) is 4. The fourth-order valence-electron chi connectivity index (χ4n) is 2.36. The van der Waals surface area contributed by atoms with Crippen LogP contribution in [-0.2, 0) is 38.2 Å². The number of carbonyl (C=O) groups is 6. The van der Waals surface area contributed by atoms with Crippen LogP contribution in [0.3, 0.4) is 0 Å². The number of rotatable bonds is 22. The molecule has 0 radical (unpaired) electrons. The van der Waals surface area contributed by atoms with Gasteiger partial charge in [0, 0.05) is 36.8 Å². The van der Waals surface area contributed by atoms with Crippen molar-refractivity contribution >= 4 is 35.8 Å². The van der Waals surface area contributed by atoms with Gasteiger partial charge in [0.1, 0.15) is 13.2 Å². The van der Waals surface area contributed by atoms with Gasteiger partial charge in [-0.2, -0.15) is 0 Å². The van der Waals surface area contributed by atoms with Crippen LogP contribution in [0.25, 0.3) is 0 Å². The SMILES string of the molecule is C=C(C)C(=O)OCC(CO)(CO)CO.C=C(C)C(=O)OCC(CO)(CO)CO.O=C(O)CCCCC(=O)O.O=C(O)CCCCC(=O)O.[H-].[K+]. The van der Waals surface area contributed by atoms with E-state index in [1.54, 1.807) is 0 Å². The molecule has 0 atom stereocenters. The van der Waals surface area contributed by atoms with E-state index >= 15 is 0 Å². The molecular weight excluding hydrogens is 687 g/mol. The number of hydrogen-bond donors (Lipinski definition) is 10. The van der Waals surface area contributed by atoms with Crippen molar-refractivity contribution < 1.29 is 142 Å². The maximum absolute atomic E-state index is 11.0. The van der Waals surface area contributed by atoms with Crippen molar-refractivity contribution in [1.29, 1.82) is 0 Å². The quantitative estimate of drug-likeness (QED) is 0.0225. The zero-order chi connectivity index (χ0) is 38.3. The topological polar surface area (TPSA) is 323 Å². The normalized spacial score (nSPS) is 10.1. The van der Waals surface area contributed by atoms with Gasteiger partial charge in [-0.25, -0.2) is 9.59 Å². The van der Waals surface area contributed by atoms with Gasteiger partial charge in [0.2, 0.25) is 0 Å². The Morgan fingerprint density at radius 3 is 0.796 bits per heavy atom. The van der Waals surface area contributed by atoms with Crippen molar-refractivity contribution in [3.05, 3.63) is 24.3 Å². The van der Waals surface area contributed by atoms with Gasteiger partial charge in [0.05, 0.1) is 50.5 Å². The molecule has 0 spiro atoms. The van der Waals surface area contributed by atoms with Gasteiger partial charge in [-0.15, -0.1) is 0 Å². The van der Waals surface area contributed by atoms with Crippen molar-refractivity contribution in [3.8, 4) is 0 Å². The Hall–Kier alpha value is -2.30. The van der Waals surface area contributed by atoms with Gasteiger partial charge in [-0.3, -0.25) is 19.2 Å². The Bertz CT molecular complexity index is 870. The Morgan fingerprint density at radius 2 is 0.673 bits per heavy atom. The van der Waals surface area contributed by atoms with Crippen molar-refractivity contribution in [2.75, 3.05) is 52.9 Å². The van der Waals surface area contributed by atoms with Gasteiger partial charge in [-0.1, -0.05) is 13.2 Å². The van der Waals surface area contributed by atoms with Crippen LogP contribution in [0.15, 0.2) is 24.3 Å². The molecule has 0 unspecified atom stereocenters. The largest absolute Gasteiger partial charge is 1.00 e. The van der Waals surface area contributed by atoms with E-state index in [4.69, 9.17) is 60.5 Å². The number of unbranched alkanes of at least 4 members (excludes halogenated alkanes) is 2. The molecule has 0 saturated heterocycles. The molecule has 18 nitrogen and oxygen atoms in total. The number of esters is 2. The smallest absolute Gasteiger partial charge is 1.00 e. The predicted octanol–water partition coefficient (Wildman–Crippen LogP) is -3.31. The first-order chi connectivity index (χ1) is 22.3. The van der Waals surface area contributed by atoms with Crippen LogP contribution >= 0.6 is 0 Å². The standard InChI is InChI=1S/2C9H16O5.2C6H10O4.K.H/c2*1-7(2)8(13)14-6-9(3-10,4-11)5-12;2*7-5(8)3-1-2-4-6(9)10;;/h2*10-12H,1,3-6H2,2H3;2*1-4H2,(H,7,8)(H,9,10);;/q;;;;+1;-1. The zero-order valence-electron chi connectivity index (χ0n) is 29.5. The van der Waals surface area contributed by atoms with Crippen LogP contribution < -0.4 is 51.4 Å². The fraction of sp³-hybridized carbons (Fsp3) is 0.667. The zero-order valence-corrected chi connectivity index (χ0v) is 31.6. The minimum absolute atomic E-state index is 0. The van der Waals surface area contributed by atoms with E-state index in [9.17, 15) is 28.8 Å². The molecule has 0 aliphatic rings. The molecule has 0 bridgehead atoms. The van der Waals surface area contributed by atoms with E-state index in [2.05, 4.69) is 13.2 Å². The van der Waals surface area contributed by atoms with Crippen molar-refractivity contribution in [2.45, 2.75) is 65.2 Å². The first-order valence-electron chi connectivity index (χ1n) is 14.5. The monoisotopic (exact) mass is 740 g/mol. The Balaban J connectivity index is -0.000000129. The minimum Gasteiger partial charge on any atom is -1.00 e. The fourth-order valence-corrected chi connectivity index (χ4v) is 2.36. The second-order valence-corrected chi connectivity index (χ2v) is 10.7. The number of aliphatic hydroxyl groups is 6. The molecule has 0 rings (SSSR count). The molecule has 0 amide bonds. The summed E-state index contributed by atoms with van der Waals surface area (Å²) >= 11 is 0. The van der Waals surface area contributed by atoms with Crippen molar-refractivity contribution in [3.63, 3.8) is 0 Å². The summed E-state index contributed by atoms with van der Waals surface area (Å²) < 4.78 is 9.45. The maximum Gasteiger partial charge on any atom is 1.00 e. The molecule has 0 heterocycles. The van der Waals surface area contributed by atoms with Gasteiger partial charge >= 0.3 is 87.2 Å². The van der Waals surface area contributed by atoms with Crippen LogP contribution in [0.1, 0.15) is 66.6 Å². The molecule has 10 N–H and O–H groups in total. The van der Waals surface area contributed by atoms with Gasteiger partial charge in [0.25, 0.3) is 0 Å². The van der Waals surface area contributed by atoms with E-state index < -0.39 is 86.3 Å². The molecule has 0 aromatic rings. The Kier molecular flexibility index (Phi) is 39.1. The summed E-state index contributed by atoms with van der Waals surface area (Å²) in [6.07, 6.45) is 2.04. The molecule has 0 aliphatic heterocycles. The van der Waals surface area contributed by atoms with Crippen LogP contribution in [0.2, 0.25) is 0 Å². The molecular formula is C30H53KO18. The maximum atomic E-state index is 11.0. The Morgan fingerprint density at radius 1 is 0.490 bits per heavy atom. The van der Waals surface area contributed by atoms with E-state index in [0.717, 1.165) is 0 Å². The average molecular weight is 741 g/mol. The van der Waals surface area contributed by atoms with Crippen LogP contribution in [0.4, 0.5) is 0 Å². The minimum atomic E-state index is -1.18. The molecule has 0 aromatic heterocycles. The third kappa shape index (κ3) is 35.3. The van der Waals surface area contributed by atoms with Crippen molar-refractivity contribution in [2.24, 2.45) is 10.8 Å². The van der Waals surface area contributed by atoms with E-state index in [1.807, 2.05) is 0 Å². The van der Waals surface area contributed by atoms with E-state index in [1.165, 1.54) is 13.8 Å². The number of hydrogen-bond acceptors (Lipinski definition) is 14. The van der Waals surface area contributed by atoms with Crippen molar-refractivity contribution in [1.82, 2.24) is 0 Å². The summed E-state index contributed by atoms with van der Waals surface area (Å²) in [6.45, 7) is 6.52. The summed E-state index contributed by atoms with van der Waals surface area (Å²) in [6, 6.07) is 0. The number of carboxylic acids is 4. The molecule has 0 saturated carbocycles. The molecule has 19 heteroatoms.